The highest BCUT2D eigenvalue weighted by atomic mass is 35.5. The fourth-order valence-electron chi connectivity index (χ4n) is 1.04. The minimum atomic E-state index is -0.536. The predicted molar refractivity (Wildman–Crippen MR) is 61.1 cm³/mol. The van der Waals surface area contributed by atoms with Crippen molar-refractivity contribution in [3.05, 3.63) is 28.2 Å². The van der Waals surface area contributed by atoms with Gasteiger partial charge in [0.2, 0.25) is 5.82 Å². The second-order valence-electron chi connectivity index (χ2n) is 3.03. The summed E-state index contributed by atoms with van der Waals surface area (Å²) < 4.78 is 0. The molecule has 17 heavy (non-hydrogen) atoms. The maximum Gasteiger partial charge on any atom is 0.296 e. The van der Waals surface area contributed by atoms with E-state index in [1.54, 1.807) is 6.92 Å². The van der Waals surface area contributed by atoms with Gasteiger partial charge in [0, 0.05) is 0 Å². The first kappa shape index (κ1) is 11.7. The van der Waals surface area contributed by atoms with Crippen LogP contribution in [-0.4, -0.2) is 31.1 Å². The smallest absolute Gasteiger partial charge is 0.296 e. The molecule has 0 aromatic carbocycles. The zero-order valence-corrected chi connectivity index (χ0v) is 10.0. The summed E-state index contributed by atoms with van der Waals surface area (Å²) >= 11 is 11.5. The Hall–Kier alpha value is -1.73. The van der Waals surface area contributed by atoms with Gasteiger partial charge in [0.1, 0.15) is 17.2 Å². The second-order valence-corrected chi connectivity index (χ2v) is 3.76. The highest BCUT2D eigenvalue weighted by Gasteiger charge is 2.15. The molecule has 1 amide bonds. The highest BCUT2D eigenvalue weighted by molar-refractivity contribution is 6.43. The topological polar surface area (TPSA) is 96.5 Å². The molecule has 0 bridgehead atoms. The Labute approximate surface area is 106 Å². The molecule has 0 fully saturated rings. The standard InChI is InChI=1S/C8H6Cl2N6O/c1-3-13-7(16-15-3)8(17)14-6-4(9)5(10)11-2-12-6/h2H,1H3,(H,13,15,16)(H,11,12,14,17). The van der Waals surface area contributed by atoms with E-state index in [2.05, 4.69) is 30.5 Å². The number of aromatic amines is 1. The van der Waals surface area contributed by atoms with E-state index in [4.69, 9.17) is 23.2 Å². The Morgan fingerprint density at radius 2 is 2.18 bits per heavy atom. The molecule has 7 nitrogen and oxygen atoms in total. The van der Waals surface area contributed by atoms with E-state index in [-0.39, 0.29) is 21.8 Å². The molecule has 0 aliphatic rings. The van der Waals surface area contributed by atoms with Gasteiger partial charge in [0.15, 0.2) is 11.0 Å². The number of carbonyl (C=O) groups is 1. The van der Waals surface area contributed by atoms with Gasteiger partial charge < -0.3 is 5.32 Å². The predicted octanol–water partition coefficient (Wildman–Crippen LogP) is 1.46. The van der Waals surface area contributed by atoms with Crippen LogP contribution in [0.15, 0.2) is 6.33 Å². The molecule has 9 heteroatoms. The molecule has 2 N–H and O–H groups in total. The van der Waals surface area contributed by atoms with Crippen LogP contribution in [0.1, 0.15) is 16.4 Å². The molecule has 2 aromatic rings. The van der Waals surface area contributed by atoms with Crippen LogP contribution in [0.4, 0.5) is 5.82 Å². The number of nitrogens with zero attached hydrogens (tertiary/aromatic N) is 4. The number of hydrogen-bond acceptors (Lipinski definition) is 5. The number of aryl methyl sites for hydroxylation is 1. The van der Waals surface area contributed by atoms with Gasteiger partial charge in [-0.2, -0.15) is 0 Å². The zero-order valence-electron chi connectivity index (χ0n) is 8.53. The molecule has 0 saturated heterocycles. The summed E-state index contributed by atoms with van der Waals surface area (Å²) in [7, 11) is 0. The number of anilines is 1. The Balaban J connectivity index is 2.21. The van der Waals surface area contributed by atoms with Crippen molar-refractivity contribution in [3.63, 3.8) is 0 Å². The summed E-state index contributed by atoms with van der Waals surface area (Å²) in [6.45, 7) is 1.68. The molecule has 0 aliphatic carbocycles. The molecule has 0 saturated carbocycles. The van der Waals surface area contributed by atoms with Crippen LogP contribution in [0, 0.1) is 6.92 Å². The molecule has 2 heterocycles. The van der Waals surface area contributed by atoms with Crippen LogP contribution >= 0.6 is 23.2 Å². The van der Waals surface area contributed by atoms with Gasteiger partial charge in [0.25, 0.3) is 5.91 Å². The fraction of sp³-hybridized carbons (Fsp3) is 0.125. The molecule has 2 rings (SSSR count). The van der Waals surface area contributed by atoms with E-state index in [1.807, 2.05) is 0 Å². The number of rotatable bonds is 2. The fourth-order valence-corrected chi connectivity index (χ4v) is 1.32. The van der Waals surface area contributed by atoms with E-state index in [9.17, 15) is 4.79 Å². The third-order valence-electron chi connectivity index (χ3n) is 1.78. The highest BCUT2D eigenvalue weighted by Crippen LogP contribution is 2.25. The largest absolute Gasteiger partial charge is 0.302 e. The molecule has 0 spiro atoms. The lowest BCUT2D eigenvalue weighted by molar-refractivity contribution is 0.101. The van der Waals surface area contributed by atoms with Crippen molar-refractivity contribution < 1.29 is 4.79 Å². The molecule has 0 radical (unpaired) electrons. The van der Waals surface area contributed by atoms with Crippen molar-refractivity contribution in [3.8, 4) is 0 Å². The van der Waals surface area contributed by atoms with Gasteiger partial charge in [0.05, 0.1) is 0 Å². The Morgan fingerprint density at radius 3 is 2.82 bits per heavy atom. The van der Waals surface area contributed by atoms with Crippen molar-refractivity contribution >= 4 is 34.9 Å². The minimum absolute atomic E-state index is 0.00620. The van der Waals surface area contributed by atoms with Crippen LogP contribution in [0.2, 0.25) is 10.2 Å². The molecular formula is C8H6Cl2N6O. The zero-order chi connectivity index (χ0) is 12.4. The number of hydrogen-bond donors (Lipinski definition) is 2. The van der Waals surface area contributed by atoms with E-state index in [1.165, 1.54) is 6.33 Å². The first-order valence-electron chi connectivity index (χ1n) is 4.44. The van der Waals surface area contributed by atoms with Crippen molar-refractivity contribution in [1.29, 1.82) is 0 Å². The summed E-state index contributed by atoms with van der Waals surface area (Å²) in [4.78, 5) is 23.0. The van der Waals surface area contributed by atoms with Crippen LogP contribution in [0.5, 0.6) is 0 Å². The number of amides is 1. The molecule has 2 aromatic heterocycles. The SMILES string of the molecule is Cc1nc(C(=O)Nc2ncnc(Cl)c2Cl)n[nH]1. The number of halogens is 2. The maximum atomic E-state index is 11.7. The maximum absolute atomic E-state index is 11.7. The van der Waals surface area contributed by atoms with Gasteiger partial charge in [-0.15, -0.1) is 5.10 Å². The quantitative estimate of drug-likeness (QED) is 0.807. The van der Waals surface area contributed by atoms with Crippen molar-refractivity contribution in [1.82, 2.24) is 25.1 Å². The summed E-state index contributed by atoms with van der Waals surface area (Å²) in [6, 6.07) is 0. The summed E-state index contributed by atoms with van der Waals surface area (Å²) in [5.74, 6) is 0.0976. The van der Waals surface area contributed by atoms with Gasteiger partial charge in [-0.05, 0) is 6.92 Å². The van der Waals surface area contributed by atoms with Crippen molar-refractivity contribution in [2.75, 3.05) is 5.32 Å². The lowest BCUT2D eigenvalue weighted by Crippen LogP contribution is -2.15. The first-order chi connectivity index (χ1) is 8.08. The Kier molecular flexibility index (Phi) is 3.21. The van der Waals surface area contributed by atoms with Crippen LogP contribution in [0.25, 0.3) is 0 Å². The number of carbonyl (C=O) groups excluding carboxylic acids is 1. The van der Waals surface area contributed by atoms with Crippen molar-refractivity contribution in [2.45, 2.75) is 6.92 Å². The number of aromatic nitrogens is 5. The molecular weight excluding hydrogens is 267 g/mol. The first-order valence-corrected chi connectivity index (χ1v) is 5.20. The second kappa shape index (κ2) is 4.64. The van der Waals surface area contributed by atoms with Crippen LogP contribution < -0.4 is 5.32 Å². The number of H-pyrrole nitrogens is 1. The lowest BCUT2D eigenvalue weighted by Gasteiger charge is -2.03. The third kappa shape index (κ3) is 2.51. The monoisotopic (exact) mass is 272 g/mol. The summed E-state index contributed by atoms with van der Waals surface area (Å²) in [6.07, 6.45) is 1.19. The average Bonchev–Trinajstić information content (AvgIpc) is 2.72. The van der Waals surface area contributed by atoms with Crippen LogP contribution in [0.3, 0.4) is 0 Å². The van der Waals surface area contributed by atoms with Gasteiger partial charge in [-0.3, -0.25) is 9.89 Å². The van der Waals surface area contributed by atoms with E-state index < -0.39 is 5.91 Å². The van der Waals surface area contributed by atoms with Gasteiger partial charge >= 0.3 is 0 Å². The summed E-state index contributed by atoms with van der Waals surface area (Å²) in [5.41, 5.74) is 0. The lowest BCUT2D eigenvalue weighted by atomic mass is 10.5. The van der Waals surface area contributed by atoms with E-state index >= 15 is 0 Å². The number of nitrogens with one attached hydrogen (secondary N) is 2. The summed E-state index contributed by atoms with van der Waals surface area (Å²) in [5, 5.41) is 8.80. The van der Waals surface area contributed by atoms with Crippen molar-refractivity contribution in [2.24, 2.45) is 0 Å². The minimum Gasteiger partial charge on any atom is -0.302 e. The van der Waals surface area contributed by atoms with E-state index in [0.717, 1.165) is 0 Å². The van der Waals surface area contributed by atoms with E-state index in [0.29, 0.717) is 5.82 Å². The third-order valence-corrected chi connectivity index (χ3v) is 2.52. The Morgan fingerprint density at radius 1 is 1.41 bits per heavy atom. The van der Waals surface area contributed by atoms with Gasteiger partial charge in [-0.1, -0.05) is 23.2 Å². The molecule has 0 atom stereocenters. The Bertz CT molecular complexity index is 569. The van der Waals surface area contributed by atoms with Crippen LogP contribution in [-0.2, 0) is 0 Å². The normalized spacial score (nSPS) is 10.3. The average molecular weight is 273 g/mol. The molecule has 0 unspecified atom stereocenters. The molecule has 88 valence electrons. The molecule has 0 aliphatic heterocycles. The van der Waals surface area contributed by atoms with Gasteiger partial charge in [-0.25, -0.2) is 15.0 Å².